The Labute approximate surface area is 124 Å². The lowest BCUT2D eigenvalue weighted by atomic mass is 10.1. The number of benzene rings is 2. The van der Waals surface area contributed by atoms with Crippen LogP contribution in [0.4, 0.5) is 8.78 Å². The Morgan fingerprint density at radius 2 is 1.95 bits per heavy atom. The standard InChI is InChI=1S/C15H14BrF2NO/c1-9(19)10-3-5-15(14(18)6-10)20-8-11-2-4-12(17)7-13(11)16/h2-7,9H,8,19H2,1H3. The van der Waals surface area contributed by atoms with Gasteiger partial charge < -0.3 is 10.5 Å². The molecule has 0 heterocycles. The summed E-state index contributed by atoms with van der Waals surface area (Å²) in [7, 11) is 0. The second-order valence-corrected chi connectivity index (χ2v) is 5.36. The van der Waals surface area contributed by atoms with E-state index in [-0.39, 0.29) is 24.2 Å². The van der Waals surface area contributed by atoms with Gasteiger partial charge in [-0.2, -0.15) is 0 Å². The zero-order valence-corrected chi connectivity index (χ0v) is 12.5. The van der Waals surface area contributed by atoms with E-state index in [4.69, 9.17) is 10.5 Å². The van der Waals surface area contributed by atoms with Crippen LogP contribution in [-0.2, 0) is 6.61 Å². The predicted octanol–water partition coefficient (Wildman–Crippen LogP) is 4.33. The third-order valence-electron chi connectivity index (χ3n) is 2.88. The average molecular weight is 342 g/mol. The van der Waals surface area contributed by atoms with Crippen molar-refractivity contribution in [3.05, 3.63) is 63.6 Å². The van der Waals surface area contributed by atoms with Gasteiger partial charge in [-0.1, -0.05) is 28.1 Å². The second kappa shape index (κ2) is 6.33. The topological polar surface area (TPSA) is 35.2 Å². The highest BCUT2D eigenvalue weighted by molar-refractivity contribution is 9.10. The molecule has 0 bridgehead atoms. The molecular weight excluding hydrogens is 328 g/mol. The summed E-state index contributed by atoms with van der Waals surface area (Å²) in [5.41, 5.74) is 7.13. The Hall–Kier alpha value is -1.46. The van der Waals surface area contributed by atoms with Crippen LogP contribution in [0.2, 0.25) is 0 Å². The lowest BCUT2D eigenvalue weighted by molar-refractivity contribution is 0.289. The van der Waals surface area contributed by atoms with Crippen LogP contribution in [-0.4, -0.2) is 0 Å². The summed E-state index contributed by atoms with van der Waals surface area (Å²) >= 11 is 3.24. The third-order valence-corrected chi connectivity index (χ3v) is 3.62. The van der Waals surface area contributed by atoms with Crippen molar-refractivity contribution < 1.29 is 13.5 Å². The van der Waals surface area contributed by atoms with E-state index in [0.717, 1.165) is 5.56 Å². The van der Waals surface area contributed by atoms with Gasteiger partial charge in [-0.25, -0.2) is 8.78 Å². The van der Waals surface area contributed by atoms with Crippen LogP contribution in [0.1, 0.15) is 24.1 Å². The Bertz CT molecular complexity index is 617. The van der Waals surface area contributed by atoms with Gasteiger partial charge in [0.2, 0.25) is 0 Å². The number of hydrogen-bond acceptors (Lipinski definition) is 2. The van der Waals surface area contributed by atoms with E-state index in [9.17, 15) is 8.78 Å². The molecule has 0 fully saturated rings. The van der Waals surface area contributed by atoms with Gasteiger partial charge in [0.1, 0.15) is 12.4 Å². The number of ether oxygens (including phenoxy) is 1. The fourth-order valence-electron chi connectivity index (χ4n) is 1.71. The van der Waals surface area contributed by atoms with Crippen LogP contribution in [0.15, 0.2) is 40.9 Å². The minimum Gasteiger partial charge on any atom is -0.486 e. The van der Waals surface area contributed by atoms with Gasteiger partial charge in [-0.3, -0.25) is 0 Å². The van der Waals surface area contributed by atoms with Gasteiger partial charge in [-0.15, -0.1) is 0 Å². The number of rotatable bonds is 4. The van der Waals surface area contributed by atoms with Crippen LogP contribution in [0.3, 0.4) is 0 Å². The molecule has 2 rings (SSSR count). The van der Waals surface area contributed by atoms with Crippen molar-refractivity contribution in [2.24, 2.45) is 5.73 Å². The van der Waals surface area contributed by atoms with E-state index in [2.05, 4.69) is 15.9 Å². The summed E-state index contributed by atoms with van der Waals surface area (Å²) in [6.45, 7) is 1.93. The van der Waals surface area contributed by atoms with E-state index in [1.165, 1.54) is 18.2 Å². The second-order valence-electron chi connectivity index (χ2n) is 4.50. The lowest BCUT2D eigenvalue weighted by Crippen LogP contribution is -2.06. The first kappa shape index (κ1) is 14.9. The van der Waals surface area contributed by atoms with Gasteiger partial charge >= 0.3 is 0 Å². The largest absolute Gasteiger partial charge is 0.486 e. The molecule has 0 aliphatic heterocycles. The highest BCUT2D eigenvalue weighted by atomic mass is 79.9. The van der Waals surface area contributed by atoms with E-state index >= 15 is 0 Å². The highest BCUT2D eigenvalue weighted by Crippen LogP contribution is 2.24. The van der Waals surface area contributed by atoms with Gasteiger partial charge in [0.05, 0.1) is 0 Å². The Balaban J connectivity index is 2.11. The number of hydrogen-bond donors (Lipinski definition) is 1. The zero-order valence-electron chi connectivity index (χ0n) is 10.9. The molecule has 106 valence electrons. The maximum absolute atomic E-state index is 13.8. The highest BCUT2D eigenvalue weighted by Gasteiger charge is 2.09. The molecule has 0 aliphatic rings. The molecule has 0 spiro atoms. The van der Waals surface area contributed by atoms with Crippen molar-refractivity contribution in [1.29, 1.82) is 0 Å². The monoisotopic (exact) mass is 341 g/mol. The van der Waals surface area contributed by atoms with E-state index in [1.54, 1.807) is 25.1 Å². The summed E-state index contributed by atoms with van der Waals surface area (Å²) in [5.74, 6) is -0.656. The summed E-state index contributed by atoms with van der Waals surface area (Å²) in [6, 6.07) is 8.67. The summed E-state index contributed by atoms with van der Waals surface area (Å²) in [5, 5.41) is 0. The zero-order chi connectivity index (χ0) is 14.7. The van der Waals surface area contributed by atoms with Crippen molar-refractivity contribution in [3.8, 4) is 5.75 Å². The summed E-state index contributed by atoms with van der Waals surface area (Å²) in [4.78, 5) is 0. The molecule has 1 unspecified atom stereocenters. The van der Waals surface area contributed by atoms with Gasteiger partial charge in [-0.05, 0) is 36.8 Å². The van der Waals surface area contributed by atoms with Crippen LogP contribution >= 0.6 is 15.9 Å². The van der Waals surface area contributed by atoms with Crippen molar-refractivity contribution in [2.45, 2.75) is 19.6 Å². The Morgan fingerprint density at radius 1 is 1.20 bits per heavy atom. The number of halogens is 3. The molecule has 2 aromatic rings. The van der Waals surface area contributed by atoms with Crippen molar-refractivity contribution in [1.82, 2.24) is 0 Å². The molecule has 0 radical (unpaired) electrons. The SMILES string of the molecule is CC(N)c1ccc(OCc2ccc(F)cc2Br)c(F)c1. The first-order chi connectivity index (χ1) is 9.47. The number of nitrogens with two attached hydrogens (primary N) is 1. The average Bonchev–Trinajstić information content (AvgIpc) is 2.38. The fourth-order valence-corrected chi connectivity index (χ4v) is 2.18. The van der Waals surface area contributed by atoms with Gasteiger partial charge in [0.25, 0.3) is 0 Å². The van der Waals surface area contributed by atoms with Crippen molar-refractivity contribution in [2.75, 3.05) is 0 Å². The maximum Gasteiger partial charge on any atom is 0.165 e. The smallest absolute Gasteiger partial charge is 0.165 e. The van der Waals surface area contributed by atoms with Crippen molar-refractivity contribution >= 4 is 15.9 Å². The molecule has 2 nitrogen and oxygen atoms in total. The molecule has 5 heteroatoms. The first-order valence-corrected chi connectivity index (χ1v) is 6.88. The molecular formula is C15H14BrF2NO. The van der Waals surface area contributed by atoms with Crippen LogP contribution in [0.5, 0.6) is 5.75 Å². The van der Waals surface area contributed by atoms with Crippen LogP contribution < -0.4 is 10.5 Å². The quantitative estimate of drug-likeness (QED) is 0.898. The van der Waals surface area contributed by atoms with Crippen LogP contribution in [0, 0.1) is 11.6 Å². The predicted molar refractivity (Wildman–Crippen MR) is 77.4 cm³/mol. The Morgan fingerprint density at radius 3 is 2.55 bits per heavy atom. The molecule has 2 aromatic carbocycles. The lowest BCUT2D eigenvalue weighted by Gasteiger charge is -2.11. The Kier molecular flexibility index (Phi) is 4.73. The molecule has 0 saturated heterocycles. The summed E-state index contributed by atoms with van der Waals surface area (Å²) in [6.07, 6.45) is 0. The molecule has 0 aromatic heterocycles. The minimum absolute atomic E-state index is 0.144. The van der Waals surface area contributed by atoms with E-state index in [0.29, 0.717) is 10.0 Å². The summed E-state index contributed by atoms with van der Waals surface area (Å²) < 4.78 is 32.8. The molecule has 20 heavy (non-hydrogen) atoms. The van der Waals surface area contributed by atoms with Crippen molar-refractivity contribution in [3.63, 3.8) is 0 Å². The molecule has 2 N–H and O–H groups in total. The normalized spacial score (nSPS) is 12.2. The fraction of sp³-hybridized carbons (Fsp3) is 0.200. The van der Waals surface area contributed by atoms with Crippen LogP contribution in [0.25, 0.3) is 0 Å². The third kappa shape index (κ3) is 3.55. The van der Waals surface area contributed by atoms with E-state index < -0.39 is 5.82 Å². The molecule has 0 amide bonds. The molecule has 0 aliphatic carbocycles. The minimum atomic E-state index is -0.460. The van der Waals surface area contributed by atoms with Gasteiger partial charge in [0.15, 0.2) is 11.6 Å². The first-order valence-electron chi connectivity index (χ1n) is 6.09. The van der Waals surface area contributed by atoms with E-state index in [1.807, 2.05) is 0 Å². The molecule has 0 saturated carbocycles. The van der Waals surface area contributed by atoms with Gasteiger partial charge in [0, 0.05) is 16.1 Å². The molecule has 1 atom stereocenters. The maximum atomic E-state index is 13.8.